The molecule has 2 aromatic carbocycles. The molecule has 0 aromatic heterocycles. The molecule has 0 saturated carbocycles. The fourth-order valence-electron chi connectivity index (χ4n) is 1.28. The number of rotatable bonds is 1. The van der Waals surface area contributed by atoms with E-state index in [0.717, 1.165) is 0 Å². The van der Waals surface area contributed by atoms with Gasteiger partial charge in [-0.15, -0.1) is 0 Å². The maximum atomic E-state index is 11.0. The second kappa shape index (κ2) is 2.70. The number of phenols is 1. The van der Waals surface area contributed by atoms with Crippen molar-refractivity contribution in [2.75, 3.05) is 0 Å². The van der Waals surface area contributed by atoms with Gasteiger partial charge in [0.25, 0.3) is 5.43 Å². The summed E-state index contributed by atoms with van der Waals surface area (Å²) in [4.78, 5) is 21.7. The topological polar surface area (TPSA) is 74.6 Å². The molecule has 2 rings (SSSR count). The molecule has 0 aliphatic heterocycles. The molecule has 0 aliphatic carbocycles. The SMILES string of the molecule is O=c1c(O)c(-c2ccc(O)cc2)c1=O. The quantitative estimate of drug-likeness (QED) is 0.636. The summed E-state index contributed by atoms with van der Waals surface area (Å²) in [5.74, 6) is -0.437. The van der Waals surface area contributed by atoms with Gasteiger partial charge in [0.2, 0.25) is 5.43 Å². The van der Waals surface area contributed by atoms with Gasteiger partial charge in [-0.05, 0) is 17.7 Å². The van der Waals surface area contributed by atoms with Crippen LogP contribution >= 0.6 is 0 Å². The first-order valence-electron chi connectivity index (χ1n) is 3.93. The van der Waals surface area contributed by atoms with Gasteiger partial charge >= 0.3 is 0 Å². The van der Waals surface area contributed by atoms with Gasteiger partial charge in [0.15, 0.2) is 5.75 Å². The zero-order chi connectivity index (χ0) is 10.3. The Hall–Kier alpha value is -2.10. The van der Waals surface area contributed by atoms with E-state index in [1.807, 2.05) is 0 Å². The van der Waals surface area contributed by atoms with Crippen molar-refractivity contribution in [2.24, 2.45) is 0 Å². The monoisotopic (exact) mass is 190 g/mol. The summed E-state index contributed by atoms with van der Waals surface area (Å²) in [5, 5.41) is 18.1. The third kappa shape index (κ3) is 1.01. The number of hydrogen-bond acceptors (Lipinski definition) is 4. The van der Waals surface area contributed by atoms with Crippen molar-refractivity contribution in [3.8, 4) is 22.6 Å². The van der Waals surface area contributed by atoms with Crippen LogP contribution in [0.2, 0.25) is 0 Å². The van der Waals surface area contributed by atoms with Crippen LogP contribution in [0.4, 0.5) is 0 Å². The van der Waals surface area contributed by atoms with Crippen molar-refractivity contribution >= 4 is 0 Å². The smallest absolute Gasteiger partial charge is 0.268 e. The first kappa shape index (κ1) is 8.50. The van der Waals surface area contributed by atoms with Gasteiger partial charge in [-0.3, -0.25) is 9.59 Å². The number of hydrogen-bond donors (Lipinski definition) is 2. The van der Waals surface area contributed by atoms with Crippen LogP contribution in [0.5, 0.6) is 11.5 Å². The number of aromatic hydroxyl groups is 2. The summed E-state index contributed by atoms with van der Waals surface area (Å²) in [5.41, 5.74) is -1.08. The fourth-order valence-corrected chi connectivity index (χ4v) is 1.28. The highest BCUT2D eigenvalue weighted by molar-refractivity contribution is 5.73. The molecule has 0 fully saturated rings. The summed E-state index contributed by atoms with van der Waals surface area (Å²) in [6.45, 7) is 0. The predicted molar refractivity (Wildman–Crippen MR) is 50.1 cm³/mol. The van der Waals surface area contributed by atoms with Crippen LogP contribution in [0.15, 0.2) is 33.9 Å². The number of phenolic OH excluding ortho intramolecular Hbond substituents is 1. The average Bonchev–Trinajstić information content (AvgIpc) is 2.21. The number of benzene rings is 1. The molecule has 0 saturated heterocycles. The molecule has 0 amide bonds. The second-order valence-corrected chi connectivity index (χ2v) is 2.93. The van der Waals surface area contributed by atoms with Crippen LogP contribution in [-0.4, -0.2) is 10.2 Å². The molecule has 2 N–H and O–H groups in total. The van der Waals surface area contributed by atoms with E-state index in [1.165, 1.54) is 24.3 Å². The predicted octanol–water partition coefficient (Wildman–Crippen LogP) is 0.361. The van der Waals surface area contributed by atoms with Gasteiger partial charge in [0.05, 0.1) is 5.56 Å². The zero-order valence-corrected chi connectivity index (χ0v) is 7.02. The average molecular weight is 190 g/mol. The van der Waals surface area contributed by atoms with Crippen LogP contribution in [0.25, 0.3) is 11.1 Å². The van der Waals surface area contributed by atoms with Crippen LogP contribution in [0.3, 0.4) is 0 Å². The summed E-state index contributed by atoms with van der Waals surface area (Å²) in [6.07, 6.45) is 0. The fraction of sp³-hybridized carbons (Fsp3) is 0. The third-order valence-corrected chi connectivity index (χ3v) is 2.04. The molecule has 4 nitrogen and oxygen atoms in total. The molecular weight excluding hydrogens is 184 g/mol. The van der Waals surface area contributed by atoms with Crippen molar-refractivity contribution in [3.05, 3.63) is 44.7 Å². The third-order valence-electron chi connectivity index (χ3n) is 2.04. The van der Waals surface area contributed by atoms with Crippen LogP contribution < -0.4 is 10.9 Å². The Morgan fingerprint density at radius 3 is 1.93 bits per heavy atom. The largest absolute Gasteiger partial charge is 0.508 e. The van der Waals surface area contributed by atoms with E-state index in [0.29, 0.717) is 5.56 Å². The van der Waals surface area contributed by atoms with E-state index in [4.69, 9.17) is 10.2 Å². The lowest BCUT2D eigenvalue weighted by Gasteiger charge is -2.04. The van der Waals surface area contributed by atoms with Crippen LogP contribution in [0, 0.1) is 0 Å². The van der Waals surface area contributed by atoms with Crippen molar-refractivity contribution < 1.29 is 10.2 Å². The van der Waals surface area contributed by atoms with Gasteiger partial charge in [-0.1, -0.05) is 12.1 Å². The molecule has 14 heavy (non-hydrogen) atoms. The first-order chi connectivity index (χ1) is 6.61. The standard InChI is InChI=1S/C10H6O4/c11-6-3-1-5(2-4-6)7-8(12)10(14)9(7)13/h1-4,11-12H. The summed E-state index contributed by atoms with van der Waals surface area (Å²) in [7, 11) is 0. The highest BCUT2D eigenvalue weighted by Crippen LogP contribution is 2.25. The summed E-state index contributed by atoms with van der Waals surface area (Å²) in [6, 6.07) is 5.69. The van der Waals surface area contributed by atoms with E-state index in [2.05, 4.69) is 0 Å². The Bertz CT molecular complexity index is 544. The molecule has 0 unspecified atom stereocenters. The lowest BCUT2D eigenvalue weighted by Crippen LogP contribution is -2.31. The molecule has 0 spiro atoms. The minimum atomic E-state index is -0.854. The van der Waals surface area contributed by atoms with Crippen molar-refractivity contribution in [3.63, 3.8) is 0 Å². The molecule has 0 bridgehead atoms. The molecular formula is C10H6O4. The highest BCUT2D eigenvalue weighted by Gasteiger charge is 2.20. The van der Waals surface area contributed by atoms with E-state index in [9.17, 15) is 9.59 Å². The Labute approximate surface area is 78.4 Å². The Kier molecular flexibility index (Phi) is 1.64. The first-order valence-corrected chi connectivity index (χ1v) is 3.93. The Morgan fingerprint density at radius 2 is 1.43 bits per heavy atom. The minimum Gasteiger partial charge on any atom is -0.508 e. The second-order valence-electron chi connectivity index (χ2n) is 2.93. The van der Waals surface area contributed by atoms with Gasteiger partial charge in [0.1, 0.15) is 5.75 Å². The van der Waals surface area contributed by atoms with Gasteiger partial charge in [-0.25, -0.2) is 0 Å². The van der Waals surface area contributed by atoms with E-state index < -0.39 is 16.6 Å². The Balaban J connectivity index is 2.58. The van der Waals surface area contributed by atoms with Gasteiger partial charge < -0.3 is 10.2 Å². The maximum Gasteiger partial charge on any atom is 0.268 e. The van der Waals surface area contributed by atoms with Crippen molar-refractivity contribution in [2.45, 2.75) is 0 Å². The molecule has 4 heteroatoms. The molecule has 2 aromatic rings. The summed E-state index contributed by atoms with van der Waals surface area (Å²) >= 11 is 0. The van der Waals surface area contributed by atoms with E-state index in [-0.39, 0.29) is 11.3 Å². The zero-order valence-electron chi connectivity index (χ0n) is 7.02. The lowest BCUT2D eigenvalue weighted by atomic mass is 10.0. The van der Waals surface area contributed by atoms with Crippen molar-refractivity contribution in [1.82, 2.24) is 0 Å². The minimum absolute atomic E-state index is 0.0231. The lowest BCUT2D eigenvalue weighted by molar-refractivity contribution is 0.465. The van der Waals surface area contributed by atoms with E-state index in [1.54, 1.807) is 0 Å². The van der Waals surface area contributed by atoms with E-state index >= 15 is 0 Å². The van der Waals surface area contributed by atoms with Gasteiger partial charge in [0, 0.05) is 0 Å². The highest BCUT2D eigenvalue weighted by atomic mass is 16.3. The molecule has 70 valence electrons. The van der Waals surface area contributed by atoms with Crippen LogP contribution in [0.1, 0.15) is 0 Å². The molecule has 0 aliphatic rings. The Morgan fingerprint density at radius 1 is 0.857 bits per heavy atom. The normalized spacial score (nSPS) is 10.6. The van der Waals surface area contributed by atoms with Crippen LogP contribution in [-0.2, 0) is 0 Å². The summed E-state index contributed by atoms with van der Waals surface area (Å²) < 4.78 is 0. The molecule has 0 heterocycles. The molecule has 0 atom stereocenters. The van der Waals surface area contributed by atoms with Gasteiger partial charge in [-0.2, -0.15) is 0 Å². The maximum absolute atomic E-state index is 11.0. The van der Waals surface area contributed by atoms with Crippen molar-refractivity contribution in [1.29, 1.82) is 0 Å². The molecule has 0 radical (unpaired) electrons.